The van der Waals surface area contributed by atoms with Gasteiger partial charge in [0, 0.05) is 25.6 Å². The van der Waals surface area contributed by atoms with Crippen LogP contribution in [-0.4, -0.2) is 49.3 Å². The third kappa shape index (κ3) is 3.51. The number of H-pyrrole nitrogens is 1. The van der Waals surface area contributed by atoms with Crippen LogP contribution in [0.1, 0.15) is 30.2 Å². The molecule has 2 unspecified atom stereocenters. The number of hydrogen-bond acceptors (Lipinski definition) is 5. The Morgan fingerprint density at radius 3 is 2.56 bits per heavy atom. The maximum absolute atomic E-state index is 13.1. The first-order valence-electron chi connectivity index (χ1n) is 7.63. The number of methoxy groups -OCH3 is 1. The largest absolute Gasteiger partial charge is 0.383 e. The number of ketones is 1. The van der Waals surface area contributed by atoms with Gasteiger partial charge in [0.05, 0.1) is 22.3 Å². The minimum atomic E-state index is -3.46. The van der Waals surface area contributed by atoms with Crippen molar-refractivity contribution in [2.45, 2.75) is 25.3 Å². The summed E-state index contributed by atoms with van der Waals surface area (Å²) in [6.45, 7) is 3.53. The second-order valence-corrected chi connectivity index (χ2v) is 8.82. The van der Waals surface area contributed by atoms with E-state index in [1.807, 2.05) is 13.8 Å². The van der Waals surface area contributed by atoms with Crippen LogP contribution in [0.5, 0.6) is 0 Å². The molecule has 0 aliphatic heterocycles. The summed E-state index contributed by atoms with van der Waals surface area (Å²) in [5, 5.41) is 1.79. The molecular weight excluding hydrogens is 368 g/mol. The molecule has 2 atom stereocenters. The van der Waals surface area contributed by atoms with Gasteiger partial charge in [0.1, 0.15) is 5.56 Å². The van der Waals surface area contributed by atoms with E-state index >= 15 is 0 Å². The number of alkyl halides is 1. The van der Waals surface area contributed by atoms with Gasteiger partial charge in [-0.05, 0) is 26.0 Å². The Labute approximate surface area is 151 Å². The van der Waals surface area contributed by atoms with Gasteiger partial charge in [-0.3, -0.25) is 14.3 Å². The highest BCUT2D eigenvalue weighted by molar-refractivity contribution is 7.94. The molecule has 1 aromatic heterocycles. The van der Waals surface area contributed by atoms with Crippen LogP contribution in [-0.2, 0) is 14.6 Å². The van der Waals surface area contributed by atoms with Crippen LogP contribution in [0.25, 0.3) is 0 Å². The van der Waals surface area contributed by atoms with Crippen LogP contribution in [0.2, 0.25) is 0 Å². The maximum atomic E-state index is 13.1. The van der Waals surface area contributed by atoms with Gasteiger partial charge in [0.25, 0.3) is 5.56 Å². The number of aromatic amines is 1. The lowest BCUT2D eigenvalue weighted by atomic mass is 9.76. The van der Waals surface area contributed by atoms with Crippen molar-refractivity contribution in [1.82, 2.24) is 9.78 Å². The summed E-state index contributed by atoms with van der Waals surface area (Å²) in [7, 11) is -2.06. The number of halogens is 1. The molecule has 7 nitrogen and oxygen atoms in total. The van der Waals surface area contributed by atoms with Crippen LogP contribution < -0.4 is 5.56 Å². The quantitative estimate of drug-likeness (QED) is 0.590. The van der Waals surface area contributed by atoms with E-state index in [2.05, 4.69) is 5.10 Å². The molecule has 0 bridgehead atoms. The number of aromatic nitrogens is 2. The average Bonchev–Trinajstić information content (AvgIpc) is 2.89. The van der Waals surface area contributed by atoms with Gasteiger partial charge in [-0.1, -0.05) is 6.08 Å². The number of carbonyl (C=O) groups is 1. The second kappa shape index (κ2) is 6.93. The summed E-state index contributed by atoms with van der Waals surface area (Å²) in [5.74, 6) is -0.518. The highest BCUT2D eigenvalue weighted by atomic mass is 35.5. The molecule has 2 rings (SSSR count). The van der Waals surface area contributed by atoms with Crippen molar-refractivity contribution in [2.24, 2.45) is 5.41 Å². The Hall–Kier alpha value is -1.64. The van der Waals surface area contributed by atoms with E-state index in [0.29, 0.717) is 0 Å². The SMILES string of the molecule is COCC1(C(=O)c2c[nH]n(C(C)C)c2=O)C=CC(S(C)(=O)=O)=CC1Cl. The van der Waals surface area contributed by atoms with Gasteiger partial charge in [0.15, 0.2) is 15.6 Å². The van der Waals surface area contributed by atoms with E-state index in [4.69, 9.17) is 16.3 Å². The van der Waals surface area contributed by atoms with Crippen LogP contribution in [0.4, 0.5) is 0 Å². The molecule has 0 radical (unpaired) electrons. The summed E-state index contributed by atoms with van der Waals surface area (Å²) in [5.41, 5.74) is -1.86. The van der Waals surface area contributed by atoms with E-state index in [1.54, 1.807) is 0 Å². The van der Waals surface area contributed by atoms with E-state index in [0.717, 1.165) is 6.26 Å². The normalized spacial score (nSPS) is 23.8. The Balaban J connectivity index is 2.53. The molecule has 0 saturated carbocycles. The lowest BCUT2D eigenvalue weighted by Gasteiger charge is -2.33. The molecular formula is C16H21ClN2O5S. The monoisotopic (exact) mass is 388 g/mol. The minimum absolute atomic E-state index is 0.0284. The number of rotatable bonds is 6. The molecule has 1 aliphatic carbocycles. The zero-order valence-electron chi connectivity index (χ0n) is 14.4. The smallest absolute Gasteiger partial charge is 0.277 e. The highest BCUT2D eigenvalue weighted by Crippen LogP contribution is 2.38. The van der Waals surface area contributed by atoms with Crippen molar-refractivity contribution in [3.8, 4) is 0 Å². The highest BCUT2D eigenvalue weighted by Gasteiger charge is 2.46. The zero-order chi connectivity index (χ0) is 19.0. The van der Waals surface area contributed by atoms with Gasteiger partial charge >= 0.3 is 0 Å². The minimum Gasteiger partial charge on any atom is -0.383 e. The van der Waals surface area contributed by atoms with Crippen molar-refractivity contribution in [3.05, 3.63) is 45.2 Å². The first-order valence-corrected chi connectivity index (χ1v) is 9.96. The molecule has 1 heterocycles. The van der Waals surface area contributed by atoms with E-state index in [9.17, 15) is 18.0 Å². The fourth-order valence-corrected chi connectivity index (χ4v) is 3.88. The average molecular weight is 389 g/mol. The molecule has 0 saturated heterocycles. The summed E-state index contributed by atoms with van der Waals surface area (Å²) < 4.78 is 29.9. The number of Topliss-reactive ketones (excluding diaryl/α,β-unsaturated/α-hetero) is 1. The first kappa shape index (κ1) is 19.7. The maximum Gasteiger partial charge on any atom is 0.277 e. The fraction of sp³-hybridized carbons (Fsp3) is 0.500. The van der Waals surface area contributed by atoms with E-state index in [-0.39, 0.29) is 23.1 Å². The number of allylic oxidation sites excluding steroid dienone is 2. The van der Waals surface area contributed by atoms with Crippen LogP contribution in [0, 0.1) is 5.41 Å². The van der Waals surface area contributed by atoms with Crippen LogP contribution in [0.15, 0.2) is 34.1 Å². The third-order valence-electron chi connectivity index (χ3n) is 4.14. The Morgan fingerprint density at radius 1 is 1.48 bits per heavy atom. The molecule has 1 N–H and O–H groups in total. The van der Waals surface area contributed by atoms with Crippen molar-refractivity contribution in [1.29, 1.82) is 0 Å². The molecule has 0 amide bonds. The number of ether oxygens (including phenoxy) is 1. The number of carbonyl (C=O) groups excluding carboxylic acids is 1. The molecule has 25 heavy (non-hydrogen) atoms. The number of nitrogens with zero attached hydrogens (tertiary/aromatic N) is 1. The van der Waals surface area contributed by atoms with Gasteiger partial charge in [-0.15, -0.1) is 11.6 Å². The summed E-state index contributed by atoms with van der Waals surface area (Å²) in [6.07, 6.45) is 6.46. The van der Waals surface area contributed by atoms with Gasteiger partial charge < -0.3 is 9.84 Å². The van der Waals surface area contributed by atoms with Crippen molar-refractivity contribution >= 4 is 27.2 Å². The predicted octanol–water partition coefficient (Wildman–Crippen LogP) is 1.68. The van der Waals surface area contributed by atoms with Crippen LogP contribution >= 0.6 is 11.6 Å². The summed E-state index contributed by atoms with van der Waals surface area (Å²) in [6, 6.07) is -0.141. The number of sulfone groups is 1. The zero-order valence-corrected chi connectivity index (χ0v) is 16.0. The van der Waals surface area contributed by atoms with Crippen molar-refractivity contribution in [3.63, 3.8) is 0 Å². The lowest BCUT2D eigenvalue weighted by Crippen LogP contribution is -2.44. The summed E-state index contributed by atoms with van der Waals surface area (Å²) in [4.78, 5) is 25.6. The van der Waals surface area contributed by atoms with Crippen LogP contribution in [0.3, 0.4) is 0 Å². The Bertz CT molecular complexity index is 894. The van der Waals surface area contributed by atoms with E-state index in [1.165, 1.54) is 36.2 Å². The first-order chi connectivity index (χ1) is 11.5. The lowest BCUT2D eigenvalue weighted by molar-refractivity contribution is 0.0668. The fourth-order valence-electron chi connectivity index (χ4n) is 2.73. The topological polar surface area (TPSA) is 98.2 Å². The number of nitrogens with one attached hydrogen (secondary N) is 1. The molecule has 9 heteroatoms. The summed E-state index contributed by atoms with van der Waals surface area (Å²) >= 11 is 6.37. The molecule has 0 spiro atoms. The third-order valence-corrected chi connectivity index (χ3v) is 5.78. The van der Waals surface area contributed by atoms with Gasteiger partial charge in [-0.2, -0.15) is 0 Å². The van der Waals surface area contributed by atoms with Crippen molar-refractivity contribution in [2.75, 3.05) is 20.0 Å². The van der Waals surface area contributed by atoms with Crippen molar-refractivity contribution < 1.29 is 17.9 Å². The molecule has 0 fully saturated rings. The predicted molar refractivity (Wildman–Crippen MR) is 95.8 cm³/mol. The second-order valence-electron chi connectivity index (χ2n) is 6.33. The molecule has 1 aromatic rings. The number of hydrogen-bond donors (Lipinski definition) is 1. The Kier molecular flexibility index (Phi) is 5.46. The molecule has 1 aliphatic rings. The molecule has 138 valence electrons. The van der Waals surface area contributed by atoms with Gasteiger partial charge in [-0.25, -0.2) is 8.42 Å². The van der Waals surface area contributed by atoms with E-state index < -0.39 is 32.0 Å². The standard InChI is InChI=1S/C16H21ClN2O5S/c1-10(2)19-15(21)12(8-18-19)14(20)16(9-24-3)6-5-11(7-13(16)17)25(4,22)23/h5-8,10,13,18H,9H2,1-4H3. The molecule has 0 aromatic carbocycles. The Morgan fingerprint density at radius 2 is 2.12 bits per heavy atom. The van der Waals surface area contributed by atoms with Gasteiger partial charge in [0.2, 0.25) is 0 Å².